The highest BCUT2D eigenvalue weighted by atomic mass is 79.9. The van der Waals surface area contributed by atoms with Crippen molar-refractivity contribution < 1.29 is 18.3 Å². The second-order valence-electron chi connectivity index (χ2n) is 3.40. The van der Waals surface area contributed by atoms with Crippen molar-refractivity contribution in [3.63, 3.8) is 0 Å². The van der Waals surface area contributed by atoms with E-state index >= 15 is 0 Å². The van der Waals surface area contributed by atoms with E-state index in [0.717, 1.165) is 0 Å². The first-order chi connectivity index (χ1) is 6.25. The zero-order valence-electron chi connectivity index (χ0n) is 7.54. The Kier molecular flexibility index (Phi) is 2.92. The van der Waals surface area contributed by atoms with Crippen LogP contribution >= 0.6 is 15.9 Å². The number of benzene rings is 1. The lowest BCUT2D eigenvalue weighted by Crippen LogP contribution is -2.20. The number of halogens is 4. The number of hydrogen-bond donors (Lipinski definition) is 1. The Morgan fingerprint density at radius 1 is 1.21 bits per heavy atom. The van der Waals surface area contributed by atoms with Gasteiger partial charge in [0.15, 0.2) is 0 Å². The fraction of sp³-hybridized carbons (Fsp3) is 0.333. The van der Waals surface area contributed by atoms with Crippen LogP contribution in [0.4, 0.5) is 13.2 Å². The Labute approximate surface area is 87.7 Å². The number of hydrogen-bond acceptors (Lipinski definition) is 1. The van der Waals surface area contributed by atoms with Crippen LogP contribution in [0.1, 0.15) is 19.4 Å². The first-order valence-corrected chi connectivity index (χ1v) is 4.60. The molecule has 0 aliphatic rings. The van der Waals surface area contributed by atoms with E-state index in [0.29, 0.717) is 6.07 Å². The Balaban J connectivity index is 3.53. The Morgan fingerprint density at radius 2 is 1.71 bits per heavy atom. The summed E-state index contributed by atoms with van der Waals surface area (Å²) in [4.78, 5) is 0. The van der Waals surface area contributed by atoms with Gasteiger partial charge in [0.25, 0.3) is 0 Å². The largest absolute Gasteiger partial charge is 0.386 e. The van der Waals surface area contributed by atoms with E-state index in [9.17, 15) is 18.3 Å². The highest BCUT2D eigenvalue weighted by Crippen LogP contribution is 2.31. The zero-order chi connectivity index (χ0) is 11.1. The lowest BCUT2D eigenvalue weighted by atomic mass is 9.97. The third kappa shape index (κ3) is 1.93. The van der Waals surface area contributed by atoms with Crippen LogP contribution in [0.3, 0.4) is 0 Å². The molecule has 0 aliphatic heterocycles. The van der Waals surface area contributed by atoms with Crippen LogP contribution in [0, 0.1) is 17.5 Å². The van der Waals surface area contributed by atoms with Crippen molar-refractivity contribution in [3.05, 3.63) is 33.6 Å². The van der Waals surface area contributed by atoms with Crippen LogP contribution < -0.4 is 0 Å². The third-order valence-corrected chi connectivity index (χ3v) is 2.45. The van der Waals surface area contributed by atoms with Gasteiger partial charge in [0.1, 0.15) is 17.5 Å². The van der Waals surface area contributed by atoms with Crippen molar-refractivity contribution in [2.45, 2.75) is 19.4 Å². The maximum atomic E-state index is 13.3. The maximum Gasteiger partial charge on any atom is 0.149 e. The molecule has 0 fully saturated rings. The van der Waals surface area contributed by atoms with Gasteiger partial charge in [0.05, 0.1) is 15.6 Å². The average Bonchev–Trinajstić information content (AvgIpc) is 1.97. The molecule has 0 unspecified atom stereocenters. The van der Waals surface area contributed by atoms with Crippen LogP contribution in [0.2, 0.25) is 0 Å². The molecule has 0 amide bonds. The molecule has 0 aliphatic carbocycles. The van der Waals surface area contributed by atoms with Crippen molar-refractivity contribution in [2.75, 3.05) is 0 Å². The van der Waals surface area contributed by atoms with Gasteiger partial charge in [0, 0.05) is 6.07 Å². The van der Waals surface area contributed by atoms with E-state index in [4.69, 9.17) is 0 Å². The monoisotopic (exact) mass is 268 g/mol. The lowest BCUT2D eigenvalue weighted by molar-refractivity contribution is 0.0698. The molecule has 0 atom stereocenters. The van der Waals surface area contributed by atoms with E-state index in [1.807, 2.05) is 0 Å². The van der Waals surface area contributed by atoms with Crippen LogP contribution in [-0.4, -0.2) is 5.11 Å². The van der Waals surface area contributed by atoms with E-state index in [2.05, 4.69) is 15.9 Å². The molecule has 0 aromatic heterocycles. The van der Waals surface area contributed by atoms with Gasteiger partial charge in [-0.1, -0.05) is 0 Å². The molecule has 14 heavy (non-hydrogen) atoms. The van der Waals surface area contributed by atoms with Crippen molar-refractivity contribution in [1.82, 2.24) is 0 Å². The molecule has 0 saturated heterocycles. The van der Waals surface area contributed by atoms with Crippen LogP contribution in [0.5, 0.6) is 0 Å². The Bertz CT molecular complexity index is 371. The van der Waals surface area contributed by atoms with Crippen molar-refractivity contribution >= 4 is 15.9 Å². The van der Waals surface area contributed by atoms with Crippen molar-refractivity contribution in [1.29, 1.82) is 0 Å². The van der Waals surface area contributed by atoms with Crippen LogP contribution in [-0.2, 0) is 5.60 Å². The first-order valence-electron chi connectivity index (χ1n) is 3.81. The summed E-state index contributed by atoms with van der Waals surface area (Å²) in [5.74, 6) is -3.25. The van der Waals surface area contributed by atoms with Gasteiger partial charge in [-0.3, -0.25) is 0 Å². The smallest absolute Gasteiger partial charge is 0.149 e. The molecule has 0 spiro atoms. The quantitative estimate of drug-likeness (QED) is 0.613. The summed E-state index contributed by atoms with van der Waals surface area (Å²) >= 11 is 2.63. The standard InChI is InChI=1S/C9H8BrF3O/c1-9(2,14)6-4(11)3-5(12)7(10)8(6)13/h3,14H,1-2H3. The molecule has 1 N–H and O–H groups in total. The molecule has 0 radical (unpaired) electrons. The first kappa shape index (κ1) is 11.5. The maximum absolute atomic E-state index is 13.3. The fourth-order valence-electron chi connectivity index (χ4n) is 1.13. The third-order valence-electron chi connectivity index (χ3n) is 1.73. The van der Waals surface area contributed by atoms with Gasteiger partial charge < -0.3 is 5.11 Å². The summed E-state index contributed by atoms with van der Waals surface area (Å²) in [7, 11) is 0. The van der Waals surface area contributed by atoms with Crippen LogP contribution in [0.15, 0.2) is 10.5 Å². The molecule has 78 valence electrons. The second-order valence-corrected chi connectivity index (χ2v) is 4.20. The zero-order valence-corrected chi connectivity index (χ0v) is 9.12. The molecule has 0 bridgehead atoms. The van der Waals surface area contributed by atoms with Gasteiger partial charge in [-0.2, -0.15) is 0 Å². The molecule has 1 nitrogen and oxygen atoms in total. The molecule has 1 rings (SSSR count). The van der Waals surface area contributed by atoms with Crippen LogP contribution in [0.25, 0.3) is 0 Å². The van der Waals surface area contributed by atoms with Gasteiger partial charge in [-0.05, 0) is 29.8 Å². The second kappa shape index (κ2) is 3.55. The minimum atomic E-state index is -1.69. The predicted molar refractivity (Wildman–Crippen MR) is 49.3 cm³/mol. The van der Waals surface area contributed by atoms with Crippen molar-refractivity contribution in [2.24, 2.45) is 0 Å². The van der Waals surface area contributed by atoms with E-state index in [1.165, 1.54) is 13.8 Å². The minimum absolute atomic E-state index is 0.476. The summed E-state index contributed by atoms with van der Waals surface area (Å²) in [6, 6.07) is 0.528. The normalized spacial score (nSPS) is 11.9. The van der Waals surface area contributed by atoms with Gasteiger partial charge >= 0.3 is 0 Å². The highest BCUT2D eigenvalue weighted by molar-refractivity contribution is 9.10. The van der Waals surface area contributed by atoms with Gasteiger partial charge in [0.2, 0.25) is 0 Å². The number of rotatable bonds is 1. The molecular weight excluding hydrogens is 261 g/mol. The lowest BCUT2D eigenvalue weighted by Gasteiger charge is -2.19. The minimum Gasteiger partial charge on any atom is -0.386 e. The molecule has 1 aromatic rings. The Hall–Kier alpha value is -0.550. The Morgan fingerprint density at radius 3 is 2.14 bits per heavy atom. The SMILES string of the molecule is CC(C)(O)c1c(F)cc(F)c(Br)c1F. The van der Waals surface area contributed by atoms with E-state index in [-0.39, 0.29) is 0 Å². The van der Waals surface area contributed by atoms with E-state index in [1.54, 1.807) is 0 Å². The van der Waals surface area contributed by atoms with Gasteiger partial charge in [-0.25, -0.2) is 13.2 Å². The number of aliphatic hydroxyl groups is 1. The molecule has 5 heteroatoms. The average molecular weight is 269 g/mol. The summed E-state index contributed by atoms with van der Waals surface area (Å²) in [5.41, 5.74) is -2.24. The summed E-state index contributed by atoms with van der Waals surface area (Å²) in [6.07, 6.45) is 0. The fourth-order valence-corrected chi connectivity index (χ4v) is 1.44. The predicted octanol–water partition coefficient (Wildman–Crippen LogP) is 3.09. The summed E-state index contributed by atoms with van der Waals surface area (Å²) in [5, 5.41) is 9.44. The summed E-state index contributed by atoms with van der Waals surface area (Å²) < 4.78 is 38.8. The molecule has 0 saturated carbocycles. The van der Waals surface area contributed by atoms with E-state index < -0.39 is 33.1 Å². The summed E-state index contributed by atoms with van der Waals surface area (Å²) in [6.45, 7) is 2.44. The van der Waals surface area contributed by atoms with Crippen molar-refractivity contribution in [3.8, 4) is 0 Å². The van der Waals surface area contributed by atoms with Gasteiger partial charge in [-0.15, -0.1) is 0 Å². The molecule has 1 aromatic carbocycles. The molecular formula is C9H8BrF3O. The topological polar surface area (TPSA) is 20.2 Å². The molecule has 0 heterocycles. The highest BCUT2D eigenvalue weighted by Gasteiger charge is 2.28.